The van der Waals surface area contributed by atoms with Crippen LogP contribution in [-0.2, 0) is 22.4 Å². The van der Waals surface area contributed by atoms with Crippen molar-refractivity contribution >= 4 is 10.0 Å². The molecule has 5 heteroatoms. The van der Waals surface area contributed by atoms with Gasteiger partial charge in [0.05, 0.1) is 12.4 Å². The first kappa shape index (κ1) is 12.5. The Hall–Kier alpha value is -0.910. The zero-order valence-electron chi connectivity index (χ0n) is 9.83. The van der Waals surface area contributed by atoms with E-state index in [1.165, 1.54) is 4.31 Å². The Morgan fingerprint density at radius 1 is 1.24 bits per heavy atom. The number of aliphatic hydroxyl groups is 1. The number of hydrogen-bond donors (Lipinski definition) is 1. The number of aliphatic hydroxyl groups excluding tert-OH is 1. The van der Waals surface area contributed by atoms with Crippen molar-refractivity contribution in [3.8, 4) is 0 Å². The maximum Gasteiger partial charge on any atom is 0.218 e. The van der Waals surface area contributed by atoms with Crippen molar-refractivity contribution in [1.82, 2.24) is 4.31 Å². The van der Waals surface area contributed by atoms with Gasteiger partial charge < -0.3 is 5.11 Å². The molecule has 1 aliphatic carbocycles. The molecule has 0 bridgehead atoms. The van der Waals surface area contributed by atoms with Gasteiger partial charge in [-0.1, -0.05) is 24.3 Å². The molecule has 0 unspecified atom stereocenters. The Morgan fingerprint density at radius 3 is 2.24 bits per heavy atom. The Balaban J connectivity index is 2.08. The lowest BCUT2D eigenvalue weighted by Crippen LogP contribution is -2.30. The quantitative estimate of drug-likeness (QED) is 0.857. The van der Waals surface area contributed by atoms with Crippen molar-refractivity contribution in [1.29, 1.82) is 0 Å². The zero-order chi connectivity index (χ0) is 12.5. The molecule has 1 saturated carbocycles. The summed E-state index contributed by atoms with van der Waals surface area (Å²) in [6, 6.07) is 7.22. The first-order valence-corrected chi connectivity index (χ1v) is 7.28. The Bertz CT molecular complexity index is 477. The van der Waals surface area contributed by atoms with Crippen molar-refractivity contribution in [3.05, 3.63) is 35.4 Å². The van der Waals surface area contributed by atoms with E-state index in [0.717, 1.165) is 24.0 Å². The van der Waals surface area contributed by atoms with E-state index in [2.05, 4.69) is 0 Å². The van der Waals surface area contributed by atoms with E-state index in [-0.39, 0.29) is 18.4 Å². The van der Waals surface area contributed by atoms with Gasteiger partial charge in [0.1, 0.15) is 0 Å². The van der Waals surface area contributed by atoms with Crippen LogP contribution in [0.2, 0.25) is 0 Å². The van der Waals surface area contributed by atoms with Crippen LogP contribution in [0.25, 0.3) is 0 Å². The van der Waals surface area contributed by atoms with Crippen LogP contribution in [0.1, 0.15) is 24.0 Å². The third kappa shape index (κ3) is 3.06. The molecule has 0 radical (unpaired) electrons. The Morgan fingerprint density at radius 2 is 1.76 bits per heavy atom. The topological polar surface area (TPSA) is 57.6 Å². The maximum atomic E-state index is 12.0. The van der Waals surface area contributed by atoms with Gasteiger partial charge >= 0.3 is 0 Å². The van der Waals surface area contributed by atoms with Crippen LogP contribution < -0.4 is 0 Å². The molecule has 1 fully saturated rings. The summed E-state index contributed by atoms with van der Waals surface area (Å²) in [5, 5.41) is 8.90. The summed E-state index contributed by atoms with van der Waals surface area (Å²) in [5.74, 6) is 0.0334. The average molecular weight is 255 g/mol. The first-order chi connectivity index (χ1) is 8.03. The van der Waals surface area contributed by atoms with Gasteiger partial charge in [-0.2, -0.15) is 0 Å². The summed E-state index contributed by atoms with van der Waals surface area (Å²) >= 11 is 0. The van der Waals surface area contributed by atoms with Crippen LogP contribution in [-0.4, -0.2) is 30.9 Å². The van der Waals surface area contributed by atoms with Gasteiger partial charge in [0, 0.05) is 13.1 Å². The zero-order valence-corrected chi connectivity index (χ0v) is 10.7. The smallest absolute Gasteiger partial charge is 0.218 e. The summed E-state index contributed by atoms with van der Waals surface area (Å²) in [5.41, 5.74) is 1.55. The molecule has 0 atom stereocenters. The van der Waals surface area contributed by atoms with Gasteiger partial charge in [-0.05, 0) is 24.0 Å². The molecule has 1 N–H and O–H groups in total. The lowest BCUT2D eigenvalue weighted by atomic mass is 10.2. The Kier molecular flexibility index (Phi) is 3.51. The molecule has 0 aromatic heterocycles. The number of rotatable bonds is 5. The monoisotopic (exact) mass is 255 g/mol. The minimum absolute atomic E-state index is 0.0188. The van der Waals surface area contributed by atoms with E-state index in [4.69, 9.17) is 5.11 Å². The van der Waals surface area contributed by atoms with Gasteiger partial charge in [0.25, 0.3) is 0 Å². The number of hydrogen-bond acceptors (Lipinski definition) is 3. The van der Waals surface area contributed by atoms with Gasteiger partial charge in [0.15, 0.2) is 0 Å². The third-order valence-electron chi connectivity index (χ3n) is 3.05. The molecular formula is C12H17NO3S. The summed E-state index contributed by atoms with van der Waals surface area (Å²) < 4.78 is 25.5. The van der Waals surface area contributed by atoms with Crippen LogP contribution in [0, 0.1) is 0 Å². The fourth-order valence-corrected chi connectivity index (χ4v) is 3.20. The highest BCUT2D eigenvalue weighted by atomic mass is 32.2. The van der Waals surface area contributed by atoms with E-state index in [9.17, 15) is 8.42 Å². The molecule has 0 saturated heterocycles. The van der Waals surface area contributed by atoms with E-state index >= 15 is 0 Å². The average Bonchev–Trinajstić information content (AvgIpc) is 3.12. The lowest BCUT2D eigenvalue weighted by Gasteiger charge is -2.16. The molecular weight excluding hydrogens is 238 g/mol. The SMILES string of the molecule is CN(C1CC1)S(=O)(=O)Cc1ccc(CO)cc1. The second-order valence-electron chi connectivity index (χ2n) is 4.48. The normalized spacial score (nSPS) is 16.4. The van der Waals surface area contributed by atoms with Crippen LogP contribution >= 0.6 is 0 Å². The standard InChI is InChI=1S/C12H17NO3S/c1-13(12-6-7-12)17(15,16)9-11-4-2-10(8-14)3-5-11/h2-5,12,14H,6-9H2,1H3. The van der Waals surface area contributed by atoms with Gasteiger partial charge in [-0.25, -0.2) is 12.7 Å². The molecule has 1 aliphatic rings. The lowest BCUT2D eigenvalue weighted by molar-refractivity contribution is 0.282. The van der Waals surface area contributed by atoms with Crippen LogP contribution in [0.4, 0.5) is 0 Å². The largest absolute Gasteiger partial charge is 0.392 e. The van der Waals surface area contributed by atoms with Crippen molar-refractivity contribution in [2.45, 2.75) is 31.2 Å². The summed E-state index contributed by atoms with van der Waals surface area (Å²) in [4.78, 5) is 0. The summed E-state index contributed by atoms with van der Waals surface area (Å²) in [6.07, 6.45) is 1.94. The third-order valence-corrected chi connectivity index (χ3v) is 4.93. The highest BCUT2D eigenvalue weighted by Gasteiger charge is 2.33. The molecule has 1 aromatic rings. The van der Waals surface area contributed by atoms with E-state index in [0.29, 0.717) is 0 Å². The van der Waals surface area contributed by atoms with Crippen LogP contribution in [0.5, 0.6) is 0 Å². The van der Waals surface area contributed by atoms with Crippen molar-refractivity contribution in [3.63, 3.8) is 0 Å². The van der Waals surface area contributed by atoms with Crippen molar-refractivity contribution in [2.24, 2.45) is 0 Å². The van der Waals surface area contributed by atoms with E-state index in [1.807, 2.05) is 0 Å². The highest BCUT2D eigenvalue weighted by molar-refractivity contribution is 7.88. The van der Waals surface area contributed by atoms with E-state index in [1.54, 1.807) is 31.3 Å². The highest BCUT2D eigenvalue weighted by Crippen LogP contribution is 2.28. The second-order valence-corrected chi connectivity index (χ2v) is 6.51. The summed E-state index contributed by atoms with van der Waals surface area (Å²) in [6.45, 7) is -0.0188. The van der Waals surface area contributed by atoms with E-state index < -0.39 is 10.0 Å². The van der Waals surface area contributed by atoms with Gasteiger partial charge in [-0.3, -0.25) is 0 Å². The fourth-order valence-electron chi connectivity index (χ4n) is 1.72. The molecule has 0 aliphatic heterocycles. The molecule has 0 heterocycles. The minimum Gasteiger partial charge on any atom is -0.392 e. The summed E-state index contributed by atoms with van der Waals surface area (Å²) in [7, 11) is -1.55. The molecule has 1 aromatic carbocycles. The molecule has 0 amide bonds. The predicted molar refractivity (Wildman–Crippen MR) is 65.8 cm³/mol. The van der Waals surface area contributed by atoms with Crippen molar-refractivity contribution < 1.29 is 13.5 Å². The van der Waals surface area contributed by atoms with Gasteiger partial charge in [0.2, 0.25) is 10.0 Å². The molecule has 4 nitrogen and oxygen atoms in total. The minimum atomic E-state index is -3.20. The van der Waals surface area contributed by atoms with Crippen LogP contribution in [0.3, 0.4) is 0 Å². The molecule has 94 valence electrons. The predicted octanol–water partition coefficient (Wildman–Crippen LogP) is 1.10. The molecule has 2 rings (SSSR count). The molecule has 17 heavy (non-hydrogen) atoms. The Labute approximate surface area is 102 Å². The molecule has 0 spiro atoms. The number of sulfonamides is 1. The number of nitrogens with zero attached hydrogens (tertiary/aromatic N) is 1. The second kappa shape index (κ2) is 4.76. The van der Waals surface area contributed by atoms with Crippen LogP contribution in [0.15, 0.2) is 24.3 Å². The first-order valence-electron chi connectivity index (χ1n) is 5.67. The van der Waals surface area contributed by atoms with Gasteiger partial charge in [-0.15, -0.1) is 0 Å². The fraction of sp³-hybridized carbons (Fsp3) is 0.500. The number of benzene rings is 1. The van der Waals surface area contributed by atoms with Crippen molar-refractivity contribution in [2.75, 3.05) is 7.05 Å². The maximum absolute atomic E-state index is 12.0.